The lowest BCUT2D eigenvalue weighted by Gasteiger charge is -2.14. The Bertz CT molecular complexity index is 463. The third kappa shape index (κ3) is 2.91. The molecule has 1 fully saturated rings. The summed E-state index contributed by atoms with van der Waals surface area (Å²) in [5.41, 5.74) is -0.221. The van der Waals surface area contributed by atoms with Gasteiger partial charge >= 0.3 is 0 Å². The topological polar surface area (TPSA) is 68.4 Å². The predicted molar refractivity (Wildman–Crippen MR) is 63.0 cm³/mol. The van der Waals surface area contributed by atoms with Crippen molar-refractivity contribution in [2.45, 2.75) is 19.4 Å². The first-order valence-corrected chi connectivity index (χ1v) is 5.74. The Morgan fingerprint density at radius 2 is 1.94 bits per heavy atom. The summed E-state index contributed by atoms with van der Waals surface area (Å²) in [7, 11) is 0. The second-order valence-corrected chi connectivity index (χ2v) is 4.22. The summed E-state index contributed by atoms with van der Waals surface area (Å²) in [5, 5.41) is 10.6. The minimum atomic E-state index is -0.480. The minimum Gasteiger partial charge on any atom is -0.308 e. The van der Waals surface area contributed by atoms with Crippen LogP contribution in [0.5, 0.6) is 0 Å². The summed E-state index contributed by atoms with van der Waals surface area (Å²) in [6.07, 6.45) is 3.71. The summed E-state index contributed by atoms with van der Waals surface area (Å²) in [6, 6.07) is 2.50. The lowest BCUT2D eigenvalue weighted by atomic mass is 10.4. The van der Waals surface area contributed by atoms with E-state index in [0.717, 1.165) is 19.6 Å². The molecule has 92 valence electrons. The van der Waals surface area contributed by atoms with E-state index in [9.17, 15) is 14.9 Å². The molecule has 0 spiro atoms. The zero-order chi connectivity index (χ0) is 12.3. The van der Waals surface area contributed by atoms with Crippen molar-refractivity contribution in [1.82, 2.24) is 9.47 Å². The number of hydrogen-bond donors (Lipinski definition) is 0. The molecule has 1 aromatic rings. The lowest BCUT2D eigenvalue weighted by molar-refractivity contribution is -0.385. The van der Waals surface area contributed by atoms with Gasteiger partial charge in [0, 0.05) is 25.2 Å². The number of aromatic nitrogens is 1. The van der Waals surface area contributed by atoms with Crippen LogP contribution in [0.4, 0.5) is 5.69 Å². The highest BCUT2D eigenvalue weighted by atomic mass is 16.6. The molecule has 1 saturated heterocycles. The van der Waals surface area contributed by atoms with E-state index in [1.54, 1.807) is 0 Å². The van der Waals surface area contributed by atoms with Gasteiger partial charge in [-0.1, -0.05) is 0 Å². The Labute approximate surface area is 98.6 Å². The molecule has 6 heteroatoms. The van der Waals surface area contributed by atoms with Gasteiger partial charge < -0.3 is 9.47 Å². The molecule has 1 aromatic heterocycles. The van der Waals surface area contributed by atoms with Crippen LogP contribution in [0.15, 0.2) is 23.1 Å². The van der Waals surface area contributed by atoms with E-state index < -0.39 is 4.92 Å². The van der Waals surface area contributed by atoms with E-state index in [2.05, 4.69) is 4.90 Å². The van der Waals surface area contributed by atoms with Crippen LogP contribution >= 0.6 is 0 Å². The molecule has 6 nitrogen and oxygen atoms in total. The molecular formula is C11H15N3O3. The number of hydrogen-bond acceptors (Lipinski definition) is 4. The molecule has 17 heavy (non-hydrogen) atoms. The third-order valence-electron chi connectivity index (χ3n) is 3.03. The van der Waals surface area contributed by atoms with Crippen molar-refractivity contribution in [3.05, 3.63) is 38.8 Å². The number of nitro groups is 1. The highest BCUT2D eigenvalue weighted by Crippen LogP contribution is 2.08. The van der Waals surface area contributed by atoms with Crippen LogP contribution in [0.3, 0.4) is 0 Å². The van der Waals surface area contributed by atoms with Gasteiger partial charge in [-0.25, -0.2) is 0 Å². The van der Waals surface area contributed by atoms with E-state index in [4.69, 9.17) is 0 Å². The highest BCUT2D eigenvalue weighted by molar-refractivity contribution is 5.24. The van der Waals surface area contributed by atoms with Gasteiger partial charge in [0.15, 0.2) is 0 Å². The molecule has 0 atom stereocenters. The number of rotatable bonds is 4. The van der Waals surface area contributed by atoms with Gasteiger partial charge in [0.1, 0.15) is 0 Å². The van der Waals surface area contributed by atoms with Crippen LogP contribution in [0.1, 0.15) is 12.8 Å². The van der Waals surface area contributed by atoms with Crippen molar-refractivity contribution < 1.29 is 4.92 Å². The molecule has 1 aliphatic rings. The summed E-state index contributed by atoms with van der Waals surface area (Å²) >= 11 is 0. The summed E-state index contributed by atoms with van der Waals surface area (Å²) in [6.45, 7) is 3.41. The van der Waals surface area contributed by atoms with Crippen molar-refractivity contribution >= 4 is 5.69 Å². The van der Waals surface area contributed by atoms with Gasteiger partial charge in [0.05, 0.1) is 11.1 Å². The molecule has 0 bridgehead atoms. The van der Waals surface area contributed by atoms with Crippen molar-refractivity contribution in [2.24, 2.45) is 0 Å². The maximum atomic E-state index is 11.5. The molecule has 0 radical (unpaired) electrons. The van der Waals surface area contributed by atoms with E-state index in [1.807, 2.05) is 0 Å². The molecule has 0 unspecified atom stereocenters. The Hall–Kier alpha value is -1.69. The number of pyridine rings is 1. The van der Waals surface area contributed by atoms with Crippen molar-refractivity contribution in [2.75, 3.05) is 19.6 Å². The second kappa shape index (κ2) is 5.09. The van der Waals surface area contributed by atoms with Crippen LogP contribution in [0.2, 0.25) is 0 Å². The molecule has 2 heterocycles. The van der Waals surface area contributed by atoms with E-state index in [0.29, 0.717) is 6.54 Å². The van der Waals surface area contributed by atoms with Gasteiger partial charge in [-0.05, 0) is 25.9 Å². The van der Waals surface area contributed by atoms with Crippen LogP contribution in [0.25, 0.3) is 0 Å². The fraction of sp³-hybridized carbons (Fsp3) is 0.545. The number of nitrogens with zero attached hydrogens (tertiary/aromatic N) is 3. The van der Waals surface area contributed by atoms with Crippen LogP contribution in [-0.4, -0.2) is 34.0 Å². The zero-order valence-electron chi connectivity index (χ0n) is 9.54. The lowest BCUT2D eigenvalue weighted by Crippen LogP contribution is -2.28. The van der Waals surface area contributed by atoms with Crippen molar-refractivity contribution in [3.8, 4) is 0 Å². The molecule has 0 aromatic carbocycles. The van der Waals surface area contributed by atoms with E-state index >= 15 is 0 Å². The highest BCUT2D eigenvalue weighted by Gasteiger charge is 2.12. The number of likely N-dealkylation sites (tertiary alicyclic amines) is 1. The fourth-order valence-electron chi connectivity index (χ4n) is 2.06. The van der Waals surface area contributed by atoms with Crippen molar-refractivity contribution in [1.29, 1.82) is 0 Å². The van der Waals surface area contributed by atoms with Gasteiger partial charge in [-0.3, -0.25) is 14.9 Å². The van der Waals surface area contributed by atoms with Crippen molar-refractivity contribution in [3.63, 3.8) is 0 Å². The molecule has 0 N–H and O–H groups in total. The zero-order valence-corrected chi connectivity index (χ0v) is 9.54. The molecule has 2 rings (SSSR count). The first kappa shape index (κ1) is 11.8. The molecular weight excluding hydrogens is 222 g/mol. The standard InChI is InChI=1S/C11H15N3O3/c15-11-4-3-10(14(16)17)9-13(11)8-7-12-5-1-2-6-12/h3-4,9H,1-2,5-8H2. The minimum absolute atomic E-state index is 0.0361. The summed E-state index contributed by atoms with van der Waals surface area (Å²) in [5.74, 6) is 0. The smallest absolute Gasteiger partial charge is 0.285 e. The van der Waals surface area contributed by atoms with Crippen LogP contribution in [-0.2, 0) is 6.54 Å². The quantitative estimate of drug-likeness (QED) is 0.575. The summed E-state index contributed by atoms with van der Waals surface area (Å²) in [4.78, 5) is 23.9. The average Bonchev–Trinajstić information content (AvgIpc) is 2.80. The Balaban J connectivity index is 2.05. The van der Waals surface area contributed by atoms with Gasteiger partial charge in [-0.2, -0.15) is 0 Å². The van der Waals surface area contributed by atoms with E-state index in [-0.39, 0.29) is 11.2 Å². The second-order valence-electron chi connectivity index (χ2n) is 4.22. The normalized spacial score (nSPS) is 16.2. The maximum Gasteiger partial charge on any atom is 0.285 e. The predicted octanol–water partition coefficient (Wildman–Crippen LogP) is 0.852. The van der Waals surface area contributed by atoms with Crippen LogP contribution < -0.4 is 5.56 Å². The van der Waals surface area contributed by atoms with Crippen LogP contribution in [0, 0.1) is 10.1 Å². The molecule has 0 aliphatic carbocycles. The van der Waals surface area contributed by atoms with Gasteiger partial charge in [-0.15, -0.1) is 0 Å². The molecule has 1 aliphatic heterocycles. The monoisotopic (exact) mass is 237 g/mol. The summed E-state index contributed by atoms with van der Waals surface area (Å²) < 4.78 is 1.41. The third-order valence-corrected chi connectivity index (χ3v) is 3.03. The van der Waals surface area contributed by atoms with E-state index in [1.165, 1.54) is 35.7 Å². The first-order chi connectivity index (χ1) is 8.16. The average molecular weight is 237 g/mol. The van der Waals surface area contributed by atoms with Gasteiger partial charge in [0.2, 0.25) is 0 Å². The Morgan fingerprint density at radius 3 is 2.59 bits per heavy atom. The Morgan fingerprint density at radius 1 is 1.24 bits per heavy atom. The Kier molecular flexibility index (Phi) is 3.53. The SMILES string of the molecule is O=c1ccc([N+](=O)[O-])cn1CCN1CCCC1. The molecule has 0 amide bonds. The largest absolute Gasteiger partial charge is 0.308 e. The maximum absolute atomic E-state index is 11.5. The molecule has 0 saturated carbocycles. The fourth-order valence-corrected chi connectivity index (χ4v) is 2.06. The first-order valence-electron chi connectivity index (χ1n) is 5.74. The van der Waals surface area contributed by atoms with Gasteiger partial charge in [0.25, 0.3) is 11.2 Å².